The minimum absolute atomic E-state index is 0.353. The highest BCUT2D eigenvalue weighted by Gasteiger charge is 2.10. The van der Waals surface area contributed by atoms with Crippen LogP contribution in [0, 0.1) is 10.5 Å². The van der Waals surface area contributed by atoms with E-state index in [-0.39, 0.29) is 11.8 Å². The molecule has 0 radical (unpaired) electrons. The Morgan fingerprint density at radius 3 is 2.19 bits per heavy atom. The zero-order valence-electron chi connectivity index (χ0n) is 15.7. The summed E-state index contributed by atoms with van der Waals surface area (Å²) in [5.41, 5.74) is 6.92. The first kappa shape index (κ1) is 21.2. The van der Waals surface area contributed by atoms with Crippen molar-refractivity contribution in [1.82, 2.24) is 10.9 Å². The van der Waals surface area contributed by atoms with Crippen LogP contribution >= 0.6 is 22.6 Å². The zero-order chi connectivity index (χ0) is 19.6. The molecule has 2 aromatic carbocycles. The number of unbranched alkanes of at least 4 members (excludes halogenated alkanes) is 3. The Kier molecular flexibility index (Phi) is 8.57. The smallest absolute Gasteiger partial charge is 0.269 e. The van der Waals surface area contributed by atoms with Crippen molar-refractivity contribution in [2.75, 3.05) is 6.61 Å². The van der Waals surface area contributed by atoms with E-state index in [1.165, 1.54) is 12.8 Å². The summed E-state index contributed by atoms with van der Waals surface area (Å²) in [6, 6.07) is 12.3. The molecule has 2 N–H and O–H groups in total. The van der Waals surface area contributed by atoms with Crippen LogP contribution in [0.2, 0.25) is 0 Å². The summed E-state index contributed by atoms with van der Waals surface area (Å²) in [7, 11) is 0. The molecule has 0 unspecified atom stereocenters. The fourth-order valence-corrected chi connectivity index (χ4v) is 2.93. The fraction of sp³-hybridized carbons (Fsp3) is 0.333. The molecule has 0 saturated carbocycles. The Labute approximate surface area is 174 Å². The van der Waals surface area contributed by atoms with Crippen LogP contribution in [0.1, 0.15) is 58.9 Å². The van der Waals surface area contributed by atoms with E-state index < -0.39 is 0 Å². The first-order chi connectivity index (χ1) is 13.0. The van der Waals surface area contributed by atoms with E-state index in [0.29, 0.717) is 17.7 Å². The average Bonchev–Trinajstić information content (AvgIpc) is 2.68. The predicted molar refractivity (Wildman–Crippen MR) is 115 cm³/mol. The number of halogens is 1. The normalized spacial score (nSPS) is 10.3. The van der Waals surface area contributed by atoms with Gasteiger partial charge in [-0.2, -0.15) is 0 Å². The van der Waals surface area contributed by atoms with Crippen LogP contribution in [0.15, 0.2) is 42.5 Å². The highest BCUT2D eigenvalue weighted by molar-refractivity contribution is 14.1. The van der Waals surface area contributed by atoms with Crippen LogP contribution in [0.4, 0.5) is 0 Å². The van der Waals surface area contributed by atoms with Gasteiger partial charge in [0.25, 0.3) is 11.8 Å². The van der Waals surface area contributed by atoms with Gasteiger partial charge in [0.2, 0.25) is 0 Å². The van der Waals surface area contributed by atoms with Crippen LogP contribution in [0.5, 0.6) is 5.75 Å². The Balaban J connectivity index is 1.81. The molecular weight excluding hydrogens is 455 g/mol. The maximum atomic E-state index is 12.2. The van der Waals surface area contributed by atoms with E-state index in [1.54, 1.807) is 36.4 Å². The molecule has 0 heterocycles. The molecule has 0 aliphatic carbocycles. The van der Waals surface area contributed by atoms with E-state index in [1.807, 2.05) is 13.0 Å². The molecule has 0 fully saturated rings. The van der Waals surface area contributed by atoms with Gasteiger partial charge < -0.3 is 4.74 Å². The van der Waals surface area contributed by atoms with Gasteiger partial charge in [-0.3, -0.25) is 20.4 Å². The molecule has 0 spiro atoms. The number of nitrogens with one attached hydrogen (secondary N) is 2. The van der Waals surface area contributed by atoms with Crippen LogP contribution in [0.25, 0.3) is 0 Å². The van der Waals surface area contributed by atoms with Gasteiger partial charge in [0.1, 0.15) is 5.75 Å². The highest BCUT2D eigenvalue weighted by Crippen LogP contribution is 2.14. The van der Waals surface area contributed by atoms with E-state index in [2.05, 4.69) is 40.4 Å². The Morgan fingerprint density at radius 1 is 0.926 bits per heavy atom. The number of ether oxygens (including phenoxy) is 1. The highest BCUT2D eigenvalue weighted by atomic mass is 127. The van der Waals surface area contributed by atoms with Gasteiger partial charge in [0.05, 0.1) is 6.61 Å². The topological polar surface area (TPSA) is 67.4 Å². The van der Waals surface area contributed by atoms with Gasteiger partial charge in [0.15, 0.2) is 0 Å². The van der Waals surface area contributed by atoms with Crippen LogP contribution in [-0.2, 0) is 0 Å². The second kappa shape index (κ2) is 10.9. The minimum atomic E-state index is -0.375. The van der Waals surface area contributed by atoms with Gasteiger partial charge in [-0.05, 0) is 77.9 Å². The van der Waals surface area contributed by atoms with Gasteiger partial charge in [-0.15, -0.1) is 0 Å². The first-order valence-corrected chi connectivity index (χ1v) is 10.2. The van der Waals surface area contributed by atoms with Crippen molar-refractivity contribution in [3.63, 3.8) is 0 Å². The summed E-state index contributed by atoms with van der Waals surface area (Å²) in [5.74, 6) is 0.00858. The van der Waals surface area contributed by atoms with E-state index in [9.17, 15) is 9.59 Å². The molecule has 2 rings (SSSR count). The summed E-state index contributed by atoms with van der Waals surface area (Å²) < 4.78 is 6.66. The lowest BCUT2D eigenvalue weighted by atomic mass is 10.1. The maximum absolute atomic E-state index is 12.2. The summed E-state index contributed by atoms with van der Waals surface area (Å²) in [6.45, 7) is 4.83. The van der Waals surface area contributed by atoms with E-state index >= 15 is 0 Å². The SMILES string of the molecule is CCCCCCOc1ccc(C(=O)NNC(=O)c2ccc(C)c(I)c2)cc1. The van der Waals surface area contributed by atoms with Crippen LogP contribution < -0.4 is 15.6 Å². The summed E-state index contributed by atoms with van der Waals surface area (Å²) >= 11 is 2.17. The van der Waals surface area contributed by atoms with Gasteiger partial charge in [0, 0.05) is 14.7 Å². The lowest BCUT2D eigenvalue weighted by molar-refractivity contribution is 0.0846. The third kappa shape index (κ3) is 6.86. The molecule has 27 heavy (non-hydrogen) atoms. The van der Waals surface area contributed by atoms with Crippen molar-refractivity contribution in [1.29, 1.82) is 0 Å². The molecule has 144 valence electrons. The molecule has 0 aliphatic rings. The summed E-state index contributed by atoms with van der Waals surface area (Å²) in [5, 5.41) is 0. The summed E-state index contributed by atoms with van der Waals surface area (Å²) in [4.78, 5) is 24.3. The average molecular weight is 480 g/mol. The van der Waals surface area contributed by atoms with Crippen LogP contribution in [-0.4, -0.2) is 18.4 Å². The van der Waals surface area contributed by atoms with Gasteiger partial charge in [-0.25, -0.2) is 0 Å². The molecule has 5 nitrogen and oxygen atoms in total. The third-order valence-corrected chi connectivity index (χ3v) is 5.27. The summed E-state index contributed by atoms with van der Waals surface area (Å²) in [6.07, 6.45) is 4.61. The number of rotatable bonds is 8. The molecule has 6 heteroatoms. The third-order valence-electron chi connectivity index (χ3n) is 4.11. The maximum Gasteiger partial charge on any atom is 0.269 e. The molecule has 0 atom stereocenters. The Hall–Kier alpha value is -2.09. The number of hydrazine groups is 1. The lowest BCUT2D eigenvalue weighted by Crippen LogP contribution is -2.41. The van der Waals surface area contributed by atoms with Crippen molar-refractivity contribution in [2.24, 2.45) is 0 Å². The quantitative estimate of drug-likeness (QED) is 0.329. The number of carbonyl (C=O) groups excluding carboxylic acids is 2. The van der Waals surface area contributed by atoms with Crippen molar-refractivity contribution in [2.45, 2.75) is 39.5 Å². The van der Waals surface area contributed by atoms with Gasteiger partial charge >= 0.3 is 0 Å². The Morgan fingerprint density at radius 2 is 1.56 bits per heavy atom. The van der Waals surface area contributed by atoms with Crippen molar-refractivity contribution < 1.29 is 14.3 Å². The standard InChI is InChI=1S/C21H25IN2O3/c1-3-4-5-6-13-27-18-11-9-16(10-12-18)20(25)23-24-21(26)17-8-7-15(2)19(22)14-17/h7-12,14H,3-6,13H2,1-2H3,(H,23,25)(H,24,26). The Bertz CT molecular complexity index is 775. The minimum Gasteiger partial charge on any atom is -0.494 e. The first-order valence-electron chi connectivity index (χ1n) is 9.11. The molecule has 2 amide bonds. The van der Waals surface area contributed by atoms with Gasteiger partial charge in [-0.1, -0.05) is 32.3 Å². The van der Waals surface area contributed by atoms with E-state index in [4.69, 9.17) is 4.74 Å². The predicted octanol–water partition coefficient (Wildman–Crippen LogP) is 4.63. The zero-order valence-corrected chi connectivity index (χ0v) is 17.8. The van der Waals surface area contributed by atoms with Crippen molar-refractivity contribution >= 4 is 34.4 Å². The largest absolute Gasteiger partial charge is 0.494 e. The number of hydrogen-bond acceptors (Lipinski definition) is 3. The number of aryl methyl sites for hydroxylation is 1. The number of benzene rings is 2. The molecule has 0 aromatic heterocycles. The lowest BCUT2D eigenvalue weighted by Gasteiger charge is -2.09. The second-order valence-electron chi connectivity index (χ2n) is 6.31. The monoisotopic (exact) mass is 480 g/mol. The molecule has 0 aliphatic heterocycles. The molecule has 0 saturated heterocycles. The molecule has 2 aromatic rings. The van der Waals surface area contributed by atoms with Crippen LogP contribution in [0.3, 0.4) is 0 Å². The molecular formula is C21H25IN2O3. The van der Waals surface area contributed by atoms with Crippen molar-refractivity contribution in [3.05, 3.63) is 62.7 Å². The number of hydrogen-bond donors (Lipinski definition) is 2. The second-order valence-corrected chi connectivity index (χ2v) is 7.47. The fourth-order valence-electron chi connectivity index (χ4n) is 2.41. The van der Waals surface area contributed by atoms with E-state index in [0.717, 1.165) is 27.7 Å². The number of carbonyl (C=O) groups is 2. The van der Waals surface area contributed by atoms with Crippen molar-refractivity contribution in [3.8, 4) is 5.75 Å². The molecule has 0 bridgehead atoms. The number of amides is 2.